The number of hydrogen-bond acceptors (Lipinski definition) is 2. The van der Waals surface area contributed by atoms with Gasteiger partial charge in [0.25, 0.3) is 0 Å². The lowest BCUT2D eigenvalue weighted by Crippen LogP contribution is -2.39. The average Bonchev–Trinajstić information content (AvgIpc) is 2.34. The number of methoxy groups -OCH3 is 1. The van der Waals surface area contributed by atoms with Gasteiger partial charge in [0.1, 0.15) is 5.75 Å². The highest BCUT2D eigenvalue weighted by molar-refractivity contribution is 9.09. The lowest BCUT2D eigenvalue weighted by molar-refractivity contribution is -0.0773. The summed E-state index contributed by atoms with van der Waals surface area (Å²) in [4.78, 5) is 0.348. The molecule has 0 saturated heterocycles. The van der Waals surface area contributed by atoms with E-state index in [1.807, 2.05) is 33.1 Å². The van der Waals surface area contributed by atoms with E-state index in [0.29, 0.717) is 4.83 Å². The average molecular weight is 327 g/mol. The minimum Gasteiger partial charge on any atom is -0.491 e. The van der Waals surface area contributed by atoms with Crippen molar-refractivity contribution >= 4 is 15.9 Å². The highest BCUT2D eigenvalue weighted by Gasteiger charge is 2.38. The van der Waals surface area contributed by atoms with Gasteiger partial charge in [-0.15, -0.1) is 0 Å². The molecule has 3 heteroatoms. The zero-order valence-corrected chi connectivity index (χ0v) is 13.6. The Bertz CT molecular complexity index is 390. The second kappa shape index (κ2) is 6.27. The number of alkyl halides is 1. The molecular weight excluding hydrogens is 304 g/mol. The van der Waals surface area contributed by atoms with Gasteiger partial charge >= 0.3 is 0 Å². The molecule has 106 valence electrons. The van der Waals surface area contributed by atoms with E-state index in [-0.39, 0.29) is 11.7 Å². The molecule has 0 N–H and O–H groups in total. The largest absolute Gasteiger partial charge is 0.491 e. The highest BCUT2D eigenvalue weighted by Crippen LogP contribution is 2.44. The topological polar surface area (TPSA) is 18.5 Å². The number of rotatable bonds is 6. The van der Waals surface area contributed by atoms with Crippen LogP contribution in [-0.2, 0) is 4.74 Å². The Hall–Kier alpha value is -0.540. The van der Waals surface area contributed by atoms with Gasteiger partial charge in [-0.05, 0) is 57.2 Å². The van der Waals surface area contributed by atoms with E-state index in [1.165, 1.54) is 24.8 Å². The molecular formula is C16H23BrO2. The molecule has 2 rings (SSSR count). The van der Waals surface area contributed by atoms with Crippen molar-refractivity contribution in [2.24, 2.45) is 0 Å². The van der Waals surface area contributed by atoms with Crippen LogP contribution in [0.4, 0.5) is 0 Å². The Kier molecular flexibility index (Phi) is 4.91. The fourth-order valence-corrected chi connectivity index (χ4v) is 3.43. The van der Waals surface area contributed by atoms with Gasteiger partial charge in [-0.3, -0.25) is 0 Å². The van der Waals surface area contributed by atoms with Crippen molar-refractivity contribution < 1.29 is 9.47 Å². The molecule has 0 amide bonds. The van der Waals surface area contributed by atoms with Crippen molar-refractivity contribution in [1.29, 1.82) is 0 Å². The molecule has 2 nitrogen and oxygen atoms in total. The SMILES string of the molecule is COC1(CC(Br)c2ccc(OC(C)C)cc2)CCC1. The maximum atomic E-state index is 5.69. The van der Waals surface area contributed by atoms with Crippen LogP contribution in [0.3, 0.4) is 0 Å². The highest BCUT2D eigenvalue weighted by atomic mass is 79.9. The lowest BCUT2D eigenvalue weighted by atomic mass is 9.76. The predicted octanol–water partition coefficient (Wildman–Crippen LogP) is 4.87. The molecule has 1 fully saturated rings. The minimum atomic E-state index is 0.0985. The molecule has 0 aromatic heterocycles. The maximum Gasteiger partial charge on any atom is 0.119 e. The van der Waals surface area contributed by atoms with Crippen molar-refractivity contribution in [3.8, 4) is 5.75 Å². The van der Waals surface area contributed by atoms with E-state index in [9.17, 15) is 0 Å². The summed E-state index contributed by atoms with van der Waals surface area (Å²) in [5.41, 5.74) is 1.39. The Morgan fingerprint density at radius 1 is 1.21 bits per heavy atom. The van der Waals surface area contributed by atoms with Crippen LogP contribution in [0.5, 0.6) is 5.75 Å². The summed E-state index contributed by atoms with van der Waals surface area (Å²) in [7, 11) is 1.83. The van der Waals surface area contributed by atoms with Gasteiger partial charge in [-0.25, -0.2) is 0 Å². The van der Waals surface area contributed by atoms with E-state index in [2.05, 4.69) is 28.1 Å². The summed E-state index contributed by atoms with van der Waals surface area (Å²) in [5.74, 6) is 0.934. The number of hydrogen-bond donors (Lipinski definition) is 0. The smallest absolute Gasteiger partial charge is 0.119 e. The zero-order valence-electron chi connectivity index (χ0n) is 12.0. The molecule has 1 atom stereocenters. The summed E-state index contributed by atoms with van der Waals surface area (Å²) in [6.45, 7) is 4.08. The van der Waals surface area contributed by atoms with Gasteiger partial charge in [-0.2, -0.15) is 0 Å². The first-order chi connectivity index (χ1) is 9.04. The van der Waals surface area contributed by atoms with Crippen molar-refractivity contribution in [2.75, 3.05) is 7.11 Å². The standard InChI is InChI=1S/C16H23BrO2/c1-12(2)19-14-7-5-13(6-8-14)15(17)11-16(18-3)9-4-10-16/h5-8,12,15H,4,9-11H2,1-3H3. The zero-order chi connectivity index (χ0) is 13.9. The maximum absolute atomic E-state index is 5.69. The Morgan fingerprint density at radius 2 is 1.84 bits per heavy atom. The van der Waals surface area contributed by atoms with Gasteiger partial charge < -0.3 is 9.47 Å². The monoisotopic (exact) mass is 326 g/mol. The summed E-state index contributed by atoms with van der Waals surface area (Å²) in [6.07, 6.45) is 4.90. The molecule has 0 heterocycles. The van der Waals surface area contributed by atoms with Gasteiger partial charge in [0.15, 0.2) is 0 Å². The number of halogens is 1. The molecule has 0 radical (unpaired) electrons. The third-order valence-electron chi connectivity index (χ3n) is 3.86. The quantitative estimate of drug-likeness (QED) is 0.694. The molecule has 1 aliphatic carbocycles. The van der Waals surface area contributed by atoms with E-state index >= 15 is 0 Å². The third kappa shape index (κ3) is 3.73. The van der Waals surface area contributed by atoms with Gasteiger partial charge in [-0.1, -0.05) is 28.1 Å². The van der Waals surface area contributed by atoms with Gasteiger partial charge in [0, 0.05) is 11.9 Å². The van der Waals surface area contributed by atoms with Crippen molar-refractivity contribution in [2.45, 2.75) is 56.1 Å². The van der Waals surface area contributed by atoms with Crippen LogP contribution in [0.15, 0.2) is 24.3 Å². The second-order valence-electron chi connectivity index (χ2n) is 5.65. The molecule has 1 unspecified atom stereocenters. The summed E-state index contributed by atoms with van der Waals surface area (Å²) < 4.78 is 11.4. The van der Waals surface area contributed by atoms with Gasteiger partial charge in [0.05, 0.1) is 11.7 Å². The summed E-state index contributed by atoms with van der Waals surface area (Å²) in [5, 5.41) is 0. The van der Waals surface area contributed by atoms with E-state index < -0.39 is 0 Å². The molecule has 1 aromatic carbocycles. The Labute approximate surface area is 124 Å². The first-order valence-corrected chi connectivity index (χ1v) is 7.92. The fourth-order valence-electron chi connectivity index (χ4n) is 2.53. The summed E-state index contributed by atoms with van der Waals surface area (Å²) in [6, 6.07) is 8.37. The van der Waals surface area contributed by atoms with Crippen molar-refractivity contribution in [3.05, 3.63) is 29.8 Å². The first-order valence-electron chi connectivity index (χ1n) is 7.00. The van der Waals surface area contributed by atoms with E-state index in [1.54, 1.807) is 0 Å². The predicted molar refractivity (Wildman–Crippen MR) is 82.1 cm³/mol. The normalized spacial score (nSPS) is 19.0. The van der Waals surface area contributed by atoms with Crippen LogP contribution < -0.4 is 4.74 Å². The summed E-state index contributed by atoms with van der Waals surface area (Å²) >= 11 is 3.79. The van der Waals surface area contributed by atoms with Gasteiger partial charge in [0.2, 0.25) is 0 Å². The molecule has 19 heavy (non-hydrogen) atoms. The minimum absolute atomic E-state index is 0.0985. The number of benzene rings is 1. The van der Waals surface area contributed by atoms with Crippen LogP contribution >= 0.6 is 15.9 Å². The number of ether oxygens (including phenoxy) is 2. The van der Waals surface area contributed by atoms with Crippen LogP contribution in [0.25, 0.3) is 0 Å². The molecule has 1 aliphatic rings. The molecule has 1 saturated carbocycles. The molecule has 0 spiro atoms. The van der Waals surface area contributed by atoms with Crippen LogP contribution in [0, 0.1) is 0 Å². The fraction of sp³-hybridized carbons (Fsp3) is 0.625. The van der Waals surface area contributed by atoms with Crippen LogP contribution in [-0.4, -0.2) is 18.8 Å². The molecule has 0 bridgehead atoms. The van der Waals surface area contributed by atoms with Crippen molar-refractivity contribution in [3.63, 3.8) is 0 Å². The lowest BCUT2D eigenvalue weighted by Gasteiger charge is -2.42. The van der Waals surface area contributed by atoms with Crippen LogP contribution in [0.1, 0.15) is 49.9 Å². The Morgan fingerprint density at radius 3 is 2.26 bits per heavy atom. The second-order valence-corrected chi connectivity index (χ2v) is 6.75. The van der Waals surface area contributed by atoms with Crippen molar-refractivity contribution in [1.82, 2.24) is 0 Å². The first kappa shape index (κ1) is 14.9. The van der Waals surface area contributed by atoms with Crippen LogP contribution in [0.2, 0.25) is 0 Å². The van der Waals surface area contributed by atoms with E-state index in [4.69, 9.17) is 9.47 Å². The molecule has 1 aromatic rings. The Balaban J connectivity index is 1.97. The van der Waals surface area contributed by atoms with E-state index in [0.717, 1.165) is 12.2 Å². The third-order valence-corrected chi connectivity index (χ3v) is 4.72. The molecule has 0 aliphatic heterocycles.